The third-order valence-corrected chi connectivity index (χ3v) is 3.21. The number of halogens is 1. The number of ether oxygens (including phenoxy) is 1. The Hall–Kier alpha value is -1.62. The lowest BCUT2D eigenvalue weighted by Crippen LogP contribution is -2.03. The van der Waals surface area contributed by atoms with E-state index in [1.807, 2.05) is 24.3 Å². The average Bonchev–Trinajstić information content (AvgIpc) is 2.41. The molecule has 4 nitrogen and oxygen atoms in total. The third kappa shape index (κ3) is 3.67. The second-order valence-electron chi connectivity index (χ2n) is 4.16. The Kier molecular flexibility index (Phi) is 4.74. The number of rotatable bonds is 5. The largest absolute Gasteiger partial charge is 0.463 e. The predicted octanol–water partition coefficient (Wildman–Crippen LogP) is 3.67. The highest BCUT2D eigenvalue weighted by Crippen LogP contribution is 2.26. The summed E-state index contributed by atoms with van der Waals surface area (Å²) in [6, 6.07) is 8.20. The van der Waals surface area contributed by atoms with E-state index in [1.165, 1.54) is 0 Å². The molecule has 0 bridgehead atoms. The zero-order chi connectivity index (χ0) is 13.7. The average molecular weight is 322 g/mol. The van der Waals surface area contributed by atoms with Crippen LogP contribution in [0.4, 0.5) is 5.82 Å². The number of hydrogen-bond donors (Lipinski definition) is 1. The standard InChI is InChI=1S/C14H16BrN3O/c1-2-3-8-19-14-17-9-12(13(16)18-14)10-4-6-11(15)7-5-10/h4-7,9H,2-3,8H2,1H3,(H2,16,17,18). The van der Waals surface area contributed by atoms with Crippen molar-refractivity contribution in [2.45, 2.75) is 19.8 Å². The van der Waals surface area contributed by atoms with E-state index in [-0.39, 0.29) is 0 Å². The summed E-state index contributed by atoms with van der Waals surface area (Å²) in [7, 11) is 0. The molecule has 0 atom stereocenters. The first-order chi connectivity index (χ1) is 9.20. The van der Waals surface area contributed by atoms with E-state index in [0.29, 0.717) is 18.4 Å². The SMILES string of the molecule is CCCCOc1ncc(-c2ccc(Br)cc2)c(N)n1. The third-order valence-electron chi connectivity index (χ3n) is 2.68. The summed E-state index contributed by atoms with van der Waals surface area (Å²) in [4.78, 5) is 8.36. The molecule has 2 rings (SSSR count). The Morgan fingerprint density at radius 1 is 1.26 bits per heavy atom. The lowest BCUT2D eigenvalue weighted by atomic mass is 10.1. The first-order valence-electron chi connectivity index (χ1n) is 6.22. The lowest BCUT2D eigenvalue weighted by Gasteiger charge is -2.07. The first kappa shape index (κ1) is 13.8. The van der Waals surface area contributed by atoms with Crippen LogP contribution < -0.4 is 10.5 Å². The van der Waals surface area contributed by atoms with E-state index in [1.54, 1.807) is 6.20 Å². The van der Waals surface area contributed by atoms with E-state index in [4.69, 9.17) is 10.5 Å². The Bertz CT molecular complexity index is 543. The van der Waals surface area contributed by atoms with Crippen LogP contribution in [0.25, 0.3) is 11.1 Å². The van der Waals surface area contributed by atoms with Crippen LogP contribution in [0, 0.1) is 0 Å². The molecule has 19 heavy (non-hydrogen) atoms. The molecule has 0 unspecified atom stereocenters. The summed E-state index contributed by atoms with van der Waals surface area (Å²) in [5, 5.41) is 0. The van der Waals surface area contributed by atoms with Crippen LogP contribution >= 0.6 is 15.9 Å². The van der Waals surface area contributed by atoms with Gasteiger partial charge in [0.1, 0.15) is 5.82 Å². The Balaban J connectivity index is 2.17. The number of hydrogen-bond acceptors (Lipinski definition) is 4. The maximum absolute atomic E-state index is 5.95. The number of anilines is 1. The second-order valence-corrected chi connectivity index (χ2v) is 5.08. The monoisotopic (exact) mass is 321 g/mol. The zero-order valence-electron chi connectivity index (χ0n) is 10.8. The fraction of sp³-hybridized carbons (Fsp3) is 0.286. The van der Waals surface area contributed by atoms with Gasteiger partial charge in [-0.1, -0.05) is 41.4 Å². The van der Waals surface area contributed by atoms with Gasteiger partial charge in [0, 0.05) is 16.2 Å². The van der Waals surface area contributed by atoms with Crippen molar-refractivity contribution in [3.05, 3.63) is 34.9 Å². The quantitative estimate of drug-likeness (QED) is 0.853. The summed E-state index contributed by atoms with van der Waals surface area (Å²) < 4.78 is 6.45. The second kappa shape index (κ2) is 6.52. The fourth-order valence-electron chi connectivity index (χ4n) is 1.61. The van der Waals surface area contributed by atoms with Gasteiger partial charge in [0.25, 0.3) is 0 Å². The van der Waals surface area contributed by atoms with Gasteiger partial charge >= 0.3 is 6.01 Å². The molecule has 0 aliphatic heterocycles. The molecule has 0 saturated heterocycles. The van der Waals surface area contributed by atoms with Gasteiger partial charge in [-0.2, -0.15) is 4.98 Å². The van der Waals surface area contributed by atoms with Crippen LogP contribution in [0.3, 0.4) is 0 Å². The van der Waals surface area contributed by atoms with Crippen LogP contribution in [0.1, 0.15) is 19.8 Å². The van der Waals surface area contributed by atoms with E-state index in [0.717, 1.165) is 28.4 Å². The molecule has 5 heteroatoms. The van der Waals surface area contributed by atoms with Crippen molar-refractivity contribution in [3.63, 3.8) is 0 Å². The van der Waals surface area contributed by atoms with E-state index < -0.39 is 0 Å². The molecular formula is C14H16BrN3O. The number of nitrogens with two attached hydrogens (primary N) is 1. The van der Waals surface area contributed by atoms with Crippen molar-refractivity contribution in [2.75, 3.05) is 12.3 Å². The molecule has 100 valence electrons. The molecule has 0 fully saturated rings. The van der Waals surface area contributed by atoms with Gasteiger partial charge in [0.05, 0.1) is 6.61 Å². The molecule has 0 aliphatic carbocycles. The Morgan fingerprint density at radius 3 is 2.63 bits per heavy atom. The summed E-state index contributed by atoms with van der Waals surface area (Å²) >= 11 is 3.40. The lowest BCUT2D eigenvalue weighted by molar-refractivity contribution is 0.286. The van der Waals surface area contributed by atoms with Gasteiger partial charge in [-0.3, -0.25) is 0 Å². The maximum atomic E-state index is 5.95. The van der Waals surface area contributed by atoms with Crippen LogP contribution in [-0.4, -0.2) is 16.6 Å². The molecule has 1 aromatic heterocycles. The van der Waals surface area contributed by atoms with Crippen LogP contribution in [0.2, 0.25) is 0 Å². The van der Waals surface area contributed by atoms with Gasteiger partial charge in [-0.15, -0.1) is 0 Å². The predicted molar refractivity (Wildman–Crippen MR) is 80.0 cm³/mol. The highest BCUT2D eigenvalue weighted by atomic mass is 79.9. The van der Waals surface area contributed by atoms with Crippen LogP contribution in [0.15, 0.2) is 34.9 Å². The maximum Gasteiger partial charge on any atom is 0.318 e. The minimum Gasteiger partial charge on any atom is -0.463 e. The number of unbranched alkanes of at least 4 members (excludes halogenated alkanes) is 1. The van der Waals surface area contributed by atoms with Crippen LogP contribution in [0.5, 0.6) is 6.01 Å². The Morgan fingerprint density at radius 2 is 2.00 bits per heavy atom. The van der Waals surface area contributed by atoms with Gasteiger partial charge in [-0.05, 0) is 24.1 Å². The smallest absolute Gasteiger partial charge is 0.318 e. The summed E-state index contributed by atoms with van der Waals surface area (Å²) in [6.07, 6.45) is 3.76. The molecule has 1 aromatic carbocycles. The first-order valence-corrected chi connectivity index (χ1v) is 7.01. The summed E-state index contributed by atoms with van der Waals surface area (Å²) in [6.45, 7) is 2.72. The van der Waals surface area contributed by atoms with E-state index >= 15 is 0 Å². The summed E-state index contributed by atoms with van der Waals surface area (Å²) in [5.41, 5.74) is 7.75. The molecule has 2 aromatic rings. The van der Waals surface area contributed by atoms with Gasteiger partial charge in [-0.25, -0.2) is 4.98 Å². The van der Waals surface area contributed by atoms with Gasteiger partial charge in [0.15, 0.2) is 0 Å². The minimum atomic E-state index is 0.340. The molecule has 2 N–H and O–H groups in total. The highest BCUT2D eigenvalue weighted by molar-refractivity contribution is 9.10. The molecule has 0 spiro atoms. The van der Waals surface area contributed by atoms with Gasteiger partial charge in [0.2, 0.25) is 0 Å². The highest BCUT2D eigenvalue weighted by Gasteiger charge is 2.07. The van der Waals surface area contributed by atoms with Crippen LogP contribution in [-0.2, 0) is 0 Å². The minimum absolute atomic E-state index is 0.340. The molecule has 1 heterocycles. The van der Waals surface area contributed by atoms with E-state index in [2.05, 4.69) is 32.8 Å². The topological polar surface area (TPSA) is 61.0 Å². The molecule has 0 radical (unpaired) electrons. The number of nitrogen functional groups attached to an aromatic ring is 1. The van der Waals surface area contributed by atoms with E-state index in [9.17, 15) is 0 Å². The van der Waals surface area contributed by atoms with Crippen molar-refractivity contribution < 1.29 is 4.74 Å². The molecular weight excluding hydrogens is 306 g/mol. The number of benzene rings is 1. The summed E-state index contributed by atoms with van der Waals surface area (Å²) in [5.74, 6) is 0.434. The molecule has 0 saturated carbocycles. The van der Waals surface area contributed by atoms with Crippen molar-refractivity contribution in [1.29, 1.82) is 0 Å². The molecule has 0 aliphatic rings. The number of nitrogens with zero attached hydrogens (tertiary/aromatic N) is 2. The van der Waals surface area contributed by atoms with Crippen molar-refractivity contribution in [1.82, 2.24) is 9.97 Å². The van der Waals surface area contributed by atoms with Gasteiger partial charge < -0.3 is 10.5 Å². The van der Waals surface area contributed by atoms with Crippen molar-refractivity contribution >= 4 is 21.7 Å². The fourth-order valence-corrected chi connectivity index (χ4v) is 1.87. The number of aromatic nitrogens is 2. The van der Waals surface area contributed by atoms with Crippen molar-refractivity contribution in [2.24, 2.45) is 0 Å². The Labute approximate surface area is 121 Å². The zero-order valence-corrected chi connectivity index (χ0v) is 12.4. The molecule has 0 amide bonds. The van der Waals surface area contributed by atoms with Crippen molar-refractivity contribution in [3.8, 4) is 17.1 Å². The normalized spacial score (nSPS) is 10.4.